The minimum atomic E-state index is -0.904. The third kappa shape index (κ3) is 3.12. The van der Waals surface area contributed by atoms with Crippen molar-refractivity contribution >= 4 is 12.0 Å². The Hall–Kier alpha value is -1.26. The highest BCUT2D eigenvalue weighted by molar-refractivity contribution is 5.82. The number of carboxylic acids is 1. The molecule has 0 spiro atoms. The number of nitrogens with one attached hydrogen (secondary N) is 1. The van der Waals surface area contributed by atoms with E-state index >= 15 is 0 Å². The fourth-order valence-corrected chi connectivity index (χ4v) is 1.95. The highest BCUT2D eigenvalue weighted by atomic mass is 16.4. The predicted octanol–water partition coefficient (Wildman–Crippen LogP) is 1.29. The molecule has 0 aromatic heterocycles. The van der Waals surface area contributed by atoms with Gasteiger partial charge in [-0.05, 0) is 25.2 Å². The van der Waals surface area contributed by atoms with Crippen molar-refractivity contribution in [3.8, 4) is 0 Å². The van der Waals surface area contributed by atoms with Crippen molar-refractivity contribution in [2.75, 3.05) is 13.1 Å². The van der Waals surface area contributed by atoms with Crippen LogP contribution < -0.4 is 5.32 Å². The Bertz CT molecular complexity index is 268. The van der Waals surface area contributed by atoms with Crippen LogP contribution in [0.15, 0.2) is 0 Å². The number of amides is 2. The van der Waals surface area contributed by atoms with E-state index in [4.69, 9.17) is 5.11 Å². The number of likely N-dealkylation sites (tertiary alicyclic amines) is 1. The molecule has 1 aliphatic rings. The zero-order valence-corrected chi connectivity index (χ0v) is 9.90. The Morgan fingerprint density at radius 2 is 2.19 bits per heavy atom. The summed E-state index contributed by atoms with van der Waals surface area (Å²) >= 11 is 0. The van der Waals surface area contributed by atoms with E-state index in [1.54, 1.807) is 0 Å². The summed E-state index contributed by atoms with van der Waals surface area (Å²) in [5.74, 6) is -0.533. The highest BCUT2D eigenvalue weighted by Gasteiger charge is 2.34. The second kappa shape index (κ2) is 5.72. The summed E-state index contributed by atoms with van der Waals surface area (Å²) in [6, 6.07) is -0.915. The fourth-order valence-electron chi connectivity index (χ4n) is 1.95. The van der Waals surface area contributed by atoms with Gasteiger partial charge in [0.15, 0.2) is 0 Å². The maximum atomic E-state index is 11.7. The summed E-state index contributed by atoms with van der Waals surface area (Å²) in [5.41, 5.74) is 0. The number of nitrogens with zero attached hydrogens (tertiary/aromatic N) is 1. The molecule has 1 aliphatic heterocycles. The van der Waals surface area contributed by atoms with Crippen LogP contribution in [0.4, 0.5) is 4.79 Å². The Labute approximate surface area is 95.8 Å². The summed E-state index contributed by atoms with van der Waals surface area (Å²) in [6.07, 6.45) is 2.28. The fraction of sp³-hybridized carbons (Fsp3) is 0.818. The van der Waals surface area contributed by atoms with Crippen molar-refractivity contribution in [1.82, 2.24) is 10.2 Å². The summed E-state index contributed by atoms with van der Waals surface area (Å²) < 4.78 is 0. The molecule has 2 amide bonds. The van der Waals surface area contributed by atoms with Crippen molar-refractivity contribution < 1.29 is 14.7 Å². The lowest BCUT2D eigenvalue weighted by Crippen LogP contribution is -2.53. The molecule has 2 unspecified atom stereocenters. The van der Waals surface area contributed by atoms with Gasteiger partial charge in [-0.25, -0.2) is 9.59 Å². The maximum absolute atomic E-state index is 11.7. The standard InChI is InChI=1S/C11H20N2O3/c1-3-5-12-11(16)13-6-4-8(2)7-9(13)10(14)15/h8-9H,3-7H2,1-2H3,(H,12,16)(H,14,15). The van der Waals surface area contributed by atoms with Gasteiger partial charge in [0.1, 0.15) is 6.04 Å². The third-order valence-electron chi connectivity index (χ3n) is 2.94. The number of carbonyl (C=O) groups excluding carboxylic acids is 1. The van der Waals surface area contributed by atoms with Crippen molar-refractivity contribution in [3.05, 3.63) is 0 Å². The number of aliphatic carboxylic acids is 1. The Morgan fingerprint density at radius 3 is 2.75 bits per heavy atom. The molecular formula is C11H20N2O3. The lowest BCUT2D eigenvalue weighted by Gasteiger charge is -2.35. The van der Waals surface area contributed by atoms with E-state index < -0.39 is 12.0 Å². The molecule has 16 heavy (non-hydrogen) atoms. The molecule has 5 heteroatoms. The summed E-state index contributed by atoms with van der Waals surface area (Å²) in [7, 11) is 0. The molecule has 2 atom stereocenters. The minimum Gasteiger partial charge on any atom is -0.480 e. The van der Waals surface area contributed by atoms with Gasteiger partial charge in [0.25, 0.3) is 0 Å². The molecule has 0 aromatic carbocycles. The van der Waals surface area contributed by atoms with Crippen LogP contribution in [0.25, 0.3) is 0 Å². The Balaban J connectivity index is 2.61. The molecule has 2 N–H and O–H groups in total. The largest absolute Gasteiger partial charge is 0.480 e. The van der Waals surface area contributed by atoms with E-state index in [0.717, 1.165) is 12.8 Å². The van der Waals surface area contributed by atoms with Crippen LogP contribution in [0.5, 0.6) is 0 Å². The van der Waals surface area contributed by atoms with Crippen molar-refractivity contribution in [1.29, 1.82) is 0 Å². The number of hydrogen-bond donors (Lipinski definition) is 2. The van der Waals surface area contributed by atoms with Crippen LogP contribution in [-0.2, 0) is 4.79 Å². The first kappa shape index (κ1) is 12.8. The van der Waals surface area contributed by atoms with E-state index in [1.807, 2.05) is 13.8 Å². The molecule has 5 nitrogen and oxygen atoms in total. The average Bonchev–Trinajstić information content (AvgIpc) is 2.25. The molecule has 0 saturated carbocycles. The van der Waals surface area contributed by atoms with Crippen molar-refractivity contribution in [3.63, 3.8) is 0 Å². The molecule has 0 radical (unpaired) electrons. The topological polar surface area (TPSA) is 69.6 Å². The average molecular weight is 228 g/mol. The monoisotopic (exact) mass is 228 g/mol. The summed E-state index contributed by atoms with van der Waals surface area (Å²) in [5, 5.41) is 11.8. The predicted molar refractivity (Wildman–Crippen MR) is 60.2 cm³/mol. The molecule has 1 rings (SSSR count). The molecular weight excluding hydrogens is 208 g/mol. The highest BCUT2D eigenvalue weighted by Crippen LogP contribution is 2.22. The maximum Gasteiger partial charge on any atom is 0.326 e. The normalized spacial score (nSPS) is 25.2. The summed E-state index contributed by atoms with van der Waals surface area (Å²) in [4.78, 5) is 24.2. The number of carbonyl (C=O) groups is 2. The number of carboxylic acid groups (broad SMARTS) is 1. The van der Waals surface area contributed by atoms with Crippen molar-refractivity contribution in [2.24, 2.45) is 5.92 Å². The van der Waals surface area contributed by atoms with E-state index in [2.05, 4.69) is 5.32 Å². The van der Waals surface area contributed by atoms with Gasteiger partial charge in [0, 0.05) is 13.1 Å². The van der Waals surface area contributed by atoms with Crippen LogP contribution >= 0.6 is 0 Å². The van der Waals surface area contributed by atoms with E-state index in [9.17, 15) is 9.59 Å². The molecule has 1 heterocycles. The Morgan fingerprint density at radius 1 is 1.50 bits per heavy atom. The molecule has 1 saturated heterocycles. The first-order valence-electron chi connectivity index (χ1n) is 5.83. The summed E-state index contributed by atoms with van der Waals surface area (Å²) in [6.45, 7) is 5.12. The zero-order chi connectivity index (χ0) is 12.1. The van der Waals surface area contributed by atoms with Gasteiger partial charge in [0.2, 0.25) is 0 Å². The van der Waals surface area contributed by atoms with Gasteiger partial charge in [0.05, 0.1) is 0 Å². The molecule has 0 aliphatic carbocycles. The quantitative estimate of drug-likeness (QED) is 0.764. The number of piperidine rings is 1. The molecule has 0 bridgehead atoms. The second-order valence-corrected chi connectivity index (χ2v) is 4.41. The smallest absolute Gasteiger partial charge is 0.326 e. The van der Waals surface area contributed by atoms with Gasteiger partial charge >= 0.3 is 12.0 Å². The first-order valence-corrected chi connectivity index (χ1v) is 5.83. The first-order chi connectivity index (χ1) is 7.56. The lowest BCUT2D eigenvalue weighted by atomic mass is 9.93. The van der Waals surface area contributed by atoms with E-state index in [-0.39, 0.29) is 6.03 Å². The lowest BCUT2D eigenvalue weighted by molar-refractivity contribution is -0.143. The van der Waals surface area contributed by atoms with Crippen molar-refractivity contribution in [2.45, 2.75) is 39.2 Å². The number of hydrogen-bond acceptors (Lipinski definition) is 2. The van der Waals surface area contributed by atoms with Gasteiger partial charge in [-0.1, -0.05) is 13.8 Å². The molecule has 92 valence electrons. The second-order valence-electron chi connectivity index (χ2n) is 4.41. The molecule has 1 fully saturated rings. The number of rotatable bonds is 3. The SMILES string of the molecule is CCCNC(=O)N1CCC(C)CC1C(=O)O. The Kier molecular flexibility index (Phi) is 4.58. The zero-order valence-electron chi connectivity index (χ0n) is 9.90. The number of urea groups is 1. The van der Waals surface area contributed by atoms with Crippen LogP contribution in [0.1, 0.15) is 33.1 Å². The van der Waals surface area contributed by atoms with Crippen LogP contribution in [-0.4, -0.2) is 41.1 Å². The van der Waals surface area contributed by atoms with Crippen LogP contribution in [0.3, 0.4) is 0 Å². The van der Waals surface area contributed by atoms with Gasteiger partial charge in [-0.3, -0.25) is 0 Å². The van der Waals surface area contributed by atoms with E-state index in [0.29, 0.717) is 25.4 Å². The van der Waals surface area contributed by atoms with Crippen LogP contribution in [0, 0.1) is 5.92 Å². The minimum absolute atomic E-state index is 0.249. The third-order valence-corrected chi connectivity index (χ3v) is 2.94. The van der Waals surface area contributed by atoms with Gasteiger partial charge in [-0.15, -0.1) is 0 Å². The molecule has 0 aromatic rings. The van der Waals surface area contributed by atoms with Crippen LogP contribution in [0.2, 0.25) is 0 Å². The van der Waals surface area contributed by atoms with E-state index in [1.165, 1.54) is 4.90 Å². The van der Waals surface area contributed by atoms with Gasteiger partial charge in [-0.2, -0.15) is 0 Å². The van der Waals surface area contributed by atoms with Gasteiger partial charge < -0.3 is 15.3 Å².